The monoisotopic (exact) mass is 267 g/mol. The van der Waals surface area contributed by atoms with Gasteiger partial charge < -0.3 is 24.6 Å². The number of ether oxygens (including phenoxy) is 3. The van der Waals surface area contributed by atoms with Crippen molar-refractivity contribution in [1.82, 2.24) is 5.32 Å². The molecule has 1 fully saturated rings. The summed E-state index contributed by atoms with van der Waals surface area (Å²) in [5.74, 6) is 0.721. The normalized spacial score (nSPS) is 21.9. The summed E-state index contributed by atoms with van der Waals surface area (Å²) in [5, 5.41) is 11.7. The molecular formula is C13H17NO5. The number of cyclic esters (lactones) is 1. The predicted molar refractivity (Wildman–Crippen MR) is 67.0 cm³/mol. The second-order valence-corrected chi connectivity index (χ2v) is 4.17. The summed E-state index contributed by atoms with van der Waals surface area (Å²) in [6.45, 7) is 0.843. The molecule has 1 aliphatic rings. The Morgan fingerprint density at radius 3 is 2.68 bits per heavy atom. The Morgan fingerprint density at radius 1 is 1.32 bits per heavy atom. The third-order valence-electron chi connectivity index (χ3n) is 2.86. The molecule has 1 aromatic carbocycles. The minimum Gasteiger partial charge on any atom is -0.491 e. The van der Waals surface area contributed by atoms with Gasteiger partial charge in [-0.1, -0.05) is 12.1 Å². The summed E-state index contributed by atoms with van der Waals surface area (Å²) >= 11 is 0. The molecule has 6 heteroatoms. The minimum absolute atomic E-state index is 0.164. The zero-order valence-electron chi connectivity index (χ0n) is 10.7. The van der Waals surface area contributed by atoms with Crippen molar-refractivity contribution in [3.8, 4) is 5.75 Å². The fraction of sp³-hybridized carbons (Fsp3) is 0.462. The second kappa shape index (κ2) is 6.40. The summed E-state index contributed by atoms with van der Waals surface area (Å²) in [4.78, 5) is 11.2. The lowest BCUT2D eigenvalue weighted by atomic mass is 10.0. The molecule has 0 saturated carbocycles. The molecule has 2 atom stereocenters. The van der Waals surface area contributed by atoms with Gasteiger partial charge in [0.1, 0.15) is 12.4 Å². The number of benzene rings is 1. The van der Waals surface area contributed by atoms with Crippen LogP contribution < -0.4 is 10.1 Å². The van der Waals surface area contributed by atoms with Gasteiger partial charge in [-0.3, -0.25) is 0 Å². The molecule has 0 spiro atoms. The first-order valence-electron chi connectivity index (χ1n) is 6.04. The van der Waals surface area contributed by atoms with Crippen molar-refractivity contribution in [2.75, 3.05) is 26.9 Å². The predicted octanol–water partition coefficient (Wildman–Crippen LogP) is 0.854. The minimum atomic E-state index is -0.510. The van der Waals surface area contributed by atoms with E-state index >= 15 is 0 Å². The number of methoxy groups -OCH3 is 1. The van der Waals surface area contributed by atoms with E-state index in [9.17, 15) is 9.90 Å². The lowest BCUT2D eigenvalue weighted by Gasteiger charge is -2.15. The maximum atomic E-state index is 11.2. The lowest BCUT2D eigenvalue weighted by Crippen LogP contribution is -2.31. The number of alkyl carbamates (subject to hydrolysis) is 1. The van der Waals surface area contributed by atoms with E-state index in [0.717, 1.165) is 11.3 Å². The van der Waals surface area contributed by atoms with E-state index in [2.05, 4.69) is 5.32 Å². The number of rotatable bonds is 6. The van der Waals surface area contributed by atoms with E-state index in [1.807, 2.05) is 12.1 Å². The topological polar surface area (TPSA) is 77.0 Å². The van der Waals surface area contributed by atoms with Crippen LogP contribution in [-0.2, 0) is 9.47 Å². The maximum Gasteiger partial charge on any atom is 0.408 e. The molecule has 0 aliphatic carbocycles. The van der Waals surface area contributed by atoms with E-state index in [-0.39, 0.29) is 6.61 Å². The van der Waals surface area contributed by atoms with E-state index in [1.165, 1.54) is 0 Å². The maximum absolute atomic E-state index is 11.2. The number of aliphatic hydroxyl groups excluding tert-OH is 1. The molecule has 1 heterocycles. The number of hydrogen-bond donors (Lipinski definition) is 2. The molecule has 0 radical (unpaired) electrons. The van der Waals surface area contributed by atoms with Crippen molar-refractivity contribution >= 4 is 6.09 Å². The van der Waals surface area contributed by atoms with Crippen molar-refractivity contribution < 1.29 is 24.1 Å². The number of aliphatic hydroxyl groups is 1. The van der Waals surface area contributed by atoms with E-state index < -0.39 is 18.2 Å². The fourth-order valence-electron chi connectivity index (χ4n) is 1.90. The Bertz CT molecular complexity index is 420. The molecule has 2 N–H and O–H groups in total. The van der Waals surface area contributed by atoms with E-state index in [0.29, 0.717) is 13.2 Å². The van der Waals surface area contributed by atoms with Gasteiger partial charge in [0.25, 0.3) is 0 Å². The number of amides is 1. The molecule has 104 valence electrons. The first-order valence-corrected chi connectivity index (χ1v) is 6.04. The number of nitrogens with one attached hydrogen (secondary N) is 1. The lowest BCUT2D eigenvalue weighted by molar-refractivity contribution is 0.119. The van der Waals surface area contributed by atoms with Crippen LogP contribution in [0.3, 0.4) is 0 Å². The smallest absolute Gasteiger partial charge is 0.408 e. The van der Waals surface area contributed by atoms with E-state index in [1.54, 1.807) is 19.2 Å². The first-order chi connectivity index (χ1) is 9.24. The molecule has 1 aromatic rings. The SMILES string of the molecule is COCCOc1ccc([C@@H]2OC(=O)N[C@H]2CO)cc1. The van der Waals surface area contributed by atoms with Gasteiger partial charge >= 0.3 is 6.09 Å². The van der Waals surface area contributed by atoms with Crippen LogP contribution in [0.4, 0.5) is 4.79 Å². The zero-order valence-corrected chi connectivity index (χ0v) is 10.7. The van der Waals surface area contributed by atoms with Crippen molar-refractivity contribution in [1.29, 1.82) is 0 Å². The summed E-state index contributed by atoms with van der Waals surface area (Å²) in [6, 6.07) is 6.82. The molecule has 0 aromatic heterocycles. The van der Waals surface area contributed by atoms with Crippen molar-refractivity contribution in [2.24, 2.45) is 0 Å². The third-order valence-corrected chi connectivity index (χ3v) is 2.86. The summed E-state index contributed by atoms with van der Waals surface area (Å²) in [7, 11) is 1.61. The highest BCUT2D eigenvalue weighted by atomic mass is 16.6. The van der Waals surface area contributed by atoms with Gasteiger partial charge in [0.15, 0.2) is 6.10 Å². The highest BCUT2D eigenvalue weighted by Crippen LogP contribution is 2.27. The quantitative estimate of drug-likeness (QED) is 0.747. The second-order valence-electron chi connectivity index (χ2n) is 4.17. The van der Waals surface area contributed by atoms with Crippen LogP contribution in [0.5, 0.6) is 5.75 Å². The molecule has 1 amide bonds. The molecule has 0 unspecified atom stereocenters. The molecule has 1 saturated heterocycles. The largest absolute Gasteiger partial charge is 0.491 e. The van der Waals surface area contributed by atoms with Crippen molar-refractivity contribution in [3.63, 3.8) is 0 Å². The summed E-state index contributed by atoms with van der Waals surface area (Å²) < 4.78 is 15.4. The summed E-state index contributed by atoms with van der Waals surface area (Å²) in [5.41, 5.74) is 0.816. The van der Waals surface area contributed by atoms with Crippen LogP contribution in [0.15, 0.2) is 24.3 Å². The Labute approximate surface area is 111 Å². The van der Waals surface area contributed by atoms with Gasteiger partial charge in [0.05, 0.1) is 19.3 Å². The van der Waals surface area contributed by atoms with Gasteiger partial charge in [-0.2, -0.15) is 0 Å². The van der Waals surface area contributed by atoms with Crippen LogP contribution in [0.25, 0.3) is 0 Å². The Kier molecular flexibility index (Phi) is 4.59. The molecule has 0 bridgehead atoms. The number of hydrogen-bond acceptors (Lipinski definition) is 5. The van der Waals surface area contributed by atoms with Gasteiger partial charge in [-0.05, 0) is 17.7 Å². The standard InChI is InChI=1S/C13H17NO5/c1-17-6-7-18-10-4-2-9(3-5-10)12-11(8-15)14-13(16)19-12/h2-5,11-12,15H,6-8H2,1H3,(H,14,16)/t11-,12-/m0/s1. The highest BCUT2D eigenvalue weighted by molar-refractivity contribution is 5.70. The van der Waals surface area contributed by atoms with Crippen LogP contribution in [0.1, 0.15) is 11.7 Å². The number of carbonyl (C=O) groups is 1. The molecule has 1 aliphatic heterocycles. The Morgan fingerprint density at radius 2 is 2.05 bits per heavy atom. The van der Waals surface area contributed by atoms with Gasteiger partial charge in [0, 0.05) is 7.11 Å². The molecule has 2 rings (SSSR count). The third kappa shape index (κ3) is 3.36. The highest BCUT2D eigenvalue weighted by Gasteiger charge is 2.34. The fourth-order valence-corrected chi connectivity index (χ4v) is 1.90. The van der Waals surface area contributed by atoms with Crippen LogP contribution in [0, 0.1) is 0 Å². The molecular weight excluding hydrogens is 250 g/mol. The van der Waals surface area contributed by atoms with Gasteiger partial charge in [-0.15, -0.1) is 0 Å². The van der Waals surface area contributed by atoms with Crippen molar-refractivity contribution in [2.45, 2.75) is 12.1 Å². The summed E-state index contributed by atoms with van der Waals surface area (Å²) in [6.07, 6.45) is -0.977. The first kappa shape index (κ1) is 13.6. The van der Waals surface area contributed by atoms with Gasteiger partial charge in [-0.25, -0.2) is 4.79 Å². The average molecular weight is 267 g/mol. The Balaban J connectivity index is 1.99. The average Bonchev–Trinajstić information content (AvgIpc) is 2.81. The Hall–Kier alpha value is -1.79. The van der Waals surface area contributed by atoms with Crippen LogP contribution in [-0.4, -0.2) is 44.2 Å². The molecule has 6 nitrogen and oxygen atoms in total. The number of carbonyl (C=O) groups excluding carboxylic acids is 1. The van der Waals surface area contributed by atoms with Crippen molar-refractivity contribution in [3.05, 3.63) is 29.8 Å². The molecule has 19 heavy (non-hydrogen) atoms. The van der Waals surface area contributed by atoms with Gasteiger partial charge in [0.2, 0.25) is 0 Å². The van der Waals surface area contributed by atoms with Crippen LogP contribution >= 0.6 is 0 Å². The van der Waals surface area contributed by atoms with Crippen LogP contribution in [0.2, 0.25) is 0 Å². The zero-order chi connectivity index (χ0) is 13.7. The van der Waals surface area contributed by atoms with E-state index in [4.69, 9.17) is 14.2 Å².